The molecule has 0 aliphatic heterocycles. The molecule has 0 atom stereocenters. The molecule has 0 fully saturated rings. The predicted octanol–water partition coefficient (Wildman–Crippen LogP) is 5.39. The third kappa shape index (κ3) is 6.95. The van der Waals surface area contributed by atoms with Crippen molar-refractivity contribution in [3.8, 4) is 0 Å². The number of anilines is 1. The van der Waals surface area contributed by atoms with Crippen molar-refractivity contribution < 1.29 is 4.39 Å². The maximum Gasteiger partial charge on any atom is 0.146 e. The van der Waals surface area contributed by atoms with E-state index < -0.39 is 0 Å². The molecule has 0 spiro atoms. The Kier molecular flexibility index (Phi) is 8.89. The number of benzene rings is 1. The van der Waals surface area contributed by atoms with E-state index in [0.29, 0.717) is 5.69 Å². The zero-order valence-corrected chi connectivity index (χ0v) is 13.5. The lowest BCUT2D eigenvalue weighted by atomic mass is 10.1. The van der Waals surface area contributed by atoms with Crippen molar-refractivity contribution in [1.82, 2.24) is 0 Å². The molecule has 108 valence electrons. The SMILES string of the molecule is CN(CCCCCCCCCBr)c1ccccc1F. The van der Waals surface area contributed by atoms with Gasteiger partial charge in [0.1, 0.15) is 5.82 Å². The number of halogens is 2. The van der Waals surface area contributed by atoms with Crippen molar-refractivity contribution in [2.75, 3.05) is 23.8 Å². The normalized spacial score (nSPS) is 10.7. The van der Waals surface area contributed by atoms with Crippen LogP contribution >= 0.6 is 15.9 Å². The molecule has 19 heavy (non-hydrogen) atoms. The van der Waals surface area contributed by atoms with Crippen LogP contribution in [0.4, 0.5) is 10.1 Å². The molecule has 0 amide bonds. The van der Waals surface area contributed by atoms with Gasteiger partial charge in [0, 0.05) is 18.9 Å². The Bertz CT molecular complexity index is 343. The topological polar surface area (TPSA) is 3.24 Å². The molecule has 0 aromatic heterocycles. The molecular weight excluding hydrogens is 305 g/mol. The van der Waals surface area contributed by atoms with Crippen molar-refractivity contribution in [2.24, 2.45) is 0 Å². The third-order valence-corrected chi connectivity index (χ3v) is 3.95. The maximum absolute atomic E-state index is 13.5. The van der Waals surface area contributed by atoms with Gasteiger partial charge in [-0.15, -0.1) is 0 Å². The van der Waals surface area contributed by atoms with Crippen LogP contribution < -0.4 is 4.90 Å². The number of para-hydroxylation sites is 1. The minimum absolute atomic E-state index is 0.125. The minimum atomic E-state index is -0.125. The zero-order valence-electron chi connectivity index (χ0n) is 11.9. The minimum Gasteiger partial charge on any atom is -0.372 e. The van der Waals surface area contributed by atoms with Crippen molar-refractivity contribution >= 4 is 21.6 Å². The van der Waals surface area contributed by atoms with E-state index in [1.54, 1.807) is 6.07 Å². The van der Waals surface area contributed by atoms with E-state index in [0.717, 1.165) is 18.3 Å². The quantitative estimate of drug-likeness (QED) is 0.411. The maximum atomic E-state index is 13.5. The van der Waals surface area contributed by atoms with E-state index in [2.05, 4.69) is 15.9 Å². The average molecular weight is 330 g/mol. The van der Waals surface area contributed by atoms with Gasteiger partial charge in [-0.3, -0.25) is 0 Å². The summed E-state index contributed by atoms with van der Waals surface area (Å²) >= 11 is 3.45. The van der Waals surface area contributed by atoms with E-state index >= 15 is 0 Å². The summed E-state index contributed by atoms with van der Waals surface area (Å²) in [6.07, 6.45) is 8.98. The Morgan fingerprint density at radius 1 is 0.947 bits per heavy atom. The fraction of sp³-hybridized carbons (Fsp3) is 0.625. The third-order valence-electron chi connectivity index (χ3n) is 3.39. The summed E-state index contributed by atoms with van der Waals surface area (Å²) in [6.45, 7) is 0.933. The molecular formula is C16H25BrFN. The molecule has 0 saturated carbocycles. The van der Waals surface area contributed by atoms with Gasteiger partial charge in [-0.05, 0) is 25.0 Å². The molecule has 1 rings (SSSR count). The average Bonchev–Trinajstić information content (AvgIpc) is 2.42. The zero-order chi connectivity index (χ0) is 13.9. The molecule has 0 N–H and O–H groups in total. The standard InChI is InChI=1S/C16H25BrFN/c1-19(16-12-8-7-11-15(16)18)14-10-6-4-2-3-5-9-13-17/h7-8,11-12H,2-6,9-10,13-14H2,1H3. The molecule has 0 radical (unpaired) electrons. The Hall–Kier alpha value is -0.570. The summed E-state index contributed by atoms with van der Waals surface area (Å²) < 4.78 is 13.5. The molecule has 1 aromatic rings. The molecule has 0 aliphatic carbocycles. The number of hydrogen-bond donors (Lipinski definition) is 0. The lowest BCUT2D eigenvalue weighted by Gasteiger charge is -2.19. The first-order valence-electron chi connectivity index (χ1n) is 7.27. The lowest BCUT2D eigenvalue weighted by molar-refractivity contribution is 0.584. The van der Waals surface area contributed by atoms with Crippen LogP contribution in [-0.2, 0) is 0 Å². The number of hydrogen-bond acceptors (Lipinski definition) is 1. The van der Waals surface area contributed by atoms with Gasteiger partial charge in [-0.1, -0.05) is 60.2 Å². The van der Waals surface area contributed by atoms with Crippen LogP contribution in [0.5, 0.6) is 0 Å². The van der Waals surface area contributed by atoms with Gasteiger partial charge in [0.15, 0.2) is 0 Å². The van der Waals surface area contributed by atoms with Crippen LogP contribution in [-0.4, -0.2) is 18.9 Å². The Morgan fingerprint density at radius 2 is 1.53 bits per heavy atom. The number of unbranched alkanes of at least 4 members (excludes halogenated alkanes) is 6. The Morgan fingerprint density at radius 3 is 2.16 bits per heavy atom. The van der Waals surface area contributed by atoms with Crippen molar-refractivity contribution in [3.63, 3.8) is 0 Å². The van der Waals surface area contributed by atoms with Crippen molar-refractivity contribution in [3.05, 3.63) is 30.1 Å². The Labute approximate surface area is 125 Å². The van der Waals surface area contributed by atoms with Gasteiger partial charge in [-0.2, -0.15) is 0 Å². The van der Waals surface area contributed by atoms with Crippen LogP contribution in [0.15, 0.2) is 24.3 Å². The second-order valence-electron chi connectivity index (χ2n) is 5.04. The van der Waals surface area contributed by atoms with E-state index in [-0.39, 0.29) is 5.82 Å². The molecule has 0 unspecified atom stereocenters. The highest BCUT2D eigenvalue weighted by molar-refractivity contribution is 9.09. The van der Waals surface area contributed by atoms with E-state index in [1.165, 1.54) is 44.6 Å². The summed E-state index contributed by atoms with van der Waals surface area (Å²) in [6, 6.07) is 6.99. The van der Waals surface area contributed by atoms with Crippen LogP contribution in [0.3, 0.4) is 0 Å². The molecule has 3 heteroatoms. The predicted molar refractivity (Wildman–Crippen MR) is 85.8 cm³/mol. The van der Waals surface area contributed by atoms with Gasteiger partial charge in [-0.25, -0.2) is 4.39 Å². The number of alkyl halides is 1. The molecule has 0 heterocycles. The first-order valence-corrected chi connectivity index (χ1v) is 8.39. The van der Waals surface area contributed by atoms with Crippen LogP contribution in [0.25, 0.3) is 0 Å². The highest BCUT2D eigenvalue weighted by Gasteiger charge is 2.05. The second-order valence-corrected chi connectivity index (χ2v) is 5.83. The second kappa shape index (κ2) is 10.2. The molecule has 0 aliphatic rings. The molecule has 1 aromatic carbocycles. The highest BCUT2D eigenvalue weighted by Crippen LogP contribution is 2.17. The number of rotatable bonds is 10. The van der Waals surface area contributed by atoms with Crippen LogP contribution in [0.2, 0.25) is 0 Å². The van der Waals surface area contributed by atoms with Gasteiger partial charge in [0.25, 0.3) is 0 Å². The van der Waals surface area contributed by atoms with Crippen molar-refractivity contribution in [1.29, 1.82) is 0 Å². The number of nitrogens with zero attached hydrogens (tertiary/aromatic N) is 1. The summed E-state index contributed by atoms with van der Waals surface area (Å²) in [4.78, 5) is 2.01. The van der Waals surface area contributed by atoms with Crippen LogP contribution in [0, 0.1) is 5.82 Å². The first kappa shape index (κ1) is 16.5. The van der Waals surface area contributed by atoms with E-state index in [4.69, 9.17) is 0 Å². The van der Waals surface area contributed by atoms with Gasteiger partial charge < -0.3 is 4.90 Å². The Balaban J connectivity index is 2.08. The summed E-state index contributed by atoms with van der Waals surface area (Å²) in [5.74, 6) is -0.125. The molecule has 1 nitrogen and oxygen atoms in total. The van der Waals surface area contributed by atoms with Crippen molar-refractivity contribution in [2.45, 2.75) is 44.9 Å². The monoisotopic (exact) mass is 329 g/mol. The highest BCUT2D eigenvalue weighted by atomic mass is 79.9. The molecule has 0 bridgehead atoms. The smallest absolute Gasteiger partial charge is 0.146 e. The lowest BCUT2D eigenvalue weighted by Crippen LogP contribution is -2.19. The summed E-state index contributed by atoms with van der Waals surface area (Å²) in [5, 5.41) is 1.13. The summed E-state index contributed by atoms with van der Waals surface area (Å²) in [7, 11) is 1.97. The van der Waals surface area contributed by atoms with E-state index in [1.807, 2.05) is 24.1 Å². The van der Waals surface area contributed by atoms with Gasteiger partial charge >= 0.3 is 0 Å². The fourth-order valence-electron chi connectivity index (χ4n) is 2.21. The van der Waals surface area contributed by atoms with Gasteiger partial charge in [0.2, 0.25) is 0 Å². The fourth-order valence-corrected chi connectivity index (χ4v) is 2.61. The van der Waals surface area contributed by atoms with Gasteiger partial charge in [0.05, 0.1) is 5.69 Å². The summed E-state index contributed by atoms with van der Waals surface area (Å²) in [5.41, 5.74) is 0.708. The largest absolute Gasteiger partial charge is 0.372 e. The molecule has 0 saturated heterocycles. The van der Waals surface area contributed by atoms with E-state index in [9.17, 15) is 4.39 Å². The van der Waals surface area contributed by atoms with Crippen LogP contribution in [0.1, 0.15) is 44.9 Å². The first-order chi connectivity index (χ1) is 9.25.